The molecular weight excluding hydrogens is 248 g/mol. The lowest BCUT2D eigenvalue weighted by Crippen LogP contribution is -2.23. The van der Waals surface area contributed by atoms with E-state index in [-0.39, 0.29) is 23.9 Å². The molecule has 0 aliphatic carbocycles. The Hall–Kier alpha value is -1.95. The topological polar surface area (TPSA) is 92.5 Å². The maximum atomic E-state index is 11.7. The first-order valence-electron chi connectivity index (χ1n) is 6.04. The second-order valence-corrected chi connectivity index (χ2v) is 4.82. The van der Waals surface area contributed by atoms with Crippen LogP contribution in [0.15, 0.2) is 18.2 Å². The molecule has 0 aliphatic rings. The maximum absolute atomic E-state index is 11.7. The molecule has 6 heteroatoms. The zero-order chi connectivity index (χ0) is 14.6. The normalized spacial score (nSPS) is 12.3. The Kier molecular flexibility index (Phi) is 5.00. The predicted octanol–water partition coefficient (Wildman–Crippen LogP) is 2.25. The lowest BCUT2D eigenvalue weighted by Gasteiger charge is -2.14. The molecule has 0 saturated heterocycles. The van der Waals surface area contributed by atoms with Crippen molar-refractivity contribution in [2.75, 3.05) is 5.32 Å². The van der Waals surface area contributed by atoms with Crippen LogP contribution in [0.1, 0.15) is 25.8 Å². The van der Waals surface area contributed by atoms with Crippen LogP contribution in [0.4, 0.5) is 11.4 Å². The number of aliphatic hydroxyl groups is 1. The van der Waals surface area contributed by atoms with E-state index in [1.54, 1.807) is 19.1 Å². The monoisotopic (exact) mass is 266 g/mol. The molecule has 0 spiro atoms. The molecule has 104 valence electrons. The fourth-order valence-electron chi connectivity index (χ4n) is 1.52. The third kappa shape index (κ3) is 4.33. The summed E-state index contributed by atoms with van der Waals surface area (Å²) in [6, 6.07) is 4.49. The van der Waals surface area contributed by atoms with Crippen molar-refractivity contribution in [3.8, 4) is 0 Å². The molecule has 0 fully saturated rings. The molecule has 0 bridgehead atoms. The summed E-state index contributed by atoms with van der Waals surface area (Å²) >= 11 is 0. The average Bonchev–Trinajstić information content (AvgIpc) is 2.30. The molecule has 2 N–H and O–H groups in total. The van der Waals surface area contributed by atoms with Gasteiger partial charge >= 0.3 is 0 Å². The molecule has 1 aromatic rings. The minimum absolute atomic E-state index is 0.0156. The summed E-state index contributed by atoms with van der Waals surface area (Å²) in [5.41, 5.74) is 0.852. The van der Waals surface area contributed by atoms with Gasteiger partial charge in [0.2, 0.25) is 5.91 Å². The van der Waals surface area contributed by atoms with Crippen LogP contribution in [-0.4, -0.2) is 22.0 Å². The minimum atomic E-state index is -0.722. The summed E-state index contributed by atoms with van der Waals surface area (Å²) in [5.74, 6) is -0.377. The molecule has 19 heavy (non-hydrogen) atoms. The fraction of sp³-hybridized carbons (Fsp3) is 0.462. The van der Waals surface area contributed by atoms with Gasteiger partial charge in [-0.15, -0.1) is 0 Å². The van der Waals surface area contributed by atoms with Gasteiger partial charge in [0.05, 0.1) is 17.4 Å². The SMILES string of the molecule is Cc1ccc(NC(=O)CC(O)C(C)C)cc1[N+](=O)[O-]. The standard InChI is InChI=1S/C13H18N2O4/c1-8(2)12(16)7-13(17)14-10-5-4-9(3)11(6-10)15(18)19/h4-6,8,12,16H,7H2,1-3H3,(H,14,17). The van der Waals surface area contributed by atoms with Gasteiger partial charge in [-0.1, -0.05) is 19.9 Å². The highest BCUT2D eigenvalue weighted by molar-refractivity contribution is 5.91. The largest absolute Gasteiger partial charge is 0.392 e. The van der Waals surface area contributed by atoms with Gasteiger partial charge in [-0.25, -0.2) is 0 Å². The fourth-order valence-corrected chi connectivity index (χ4v) is 1.52. The number of aliphatic hydroxyl groups excluding tert-OH is 1. The number of rotatable bonds is 5. The third-order valence-corrected chi connectivity index (χ3v) is 2.85. The number of nitro groups is 1. The van der Waals surface area contributed by atoms with Crippen molar-refractivity contribution >= 4 is 17.3 Å². The van der Waals surface area contributed by atoms with Gasteiger partial charge in [-0.3, -0.25) is 14.9 Å². The van der Waals surface area contributed by atoms with Crippen LogP contribution in [-0.2, 0) is 4.79 Å². The lowest BCUT2D eigenvalue weighted by atomic mass is 10.0. The first-order valence-corrected chi connectivity index (χ1v) is 6.04. The van der Waals surface area contributed by atoms with Crippen LogP contribution in [0, 0.1) is 23.0 Å². The summed E-state index contributed by atoms with van der Waals surface area (Å²) in [7, 11) is 0. The second-order valence-electron chi connectivity index (χ2n) is 4.82. The van der Waals surface area contributed by atoms with Gasteiger partial charge < -0.3 is 10.4 Å². The molecule has 0 radical (unpaired) electrons. The molecule has 0 aromatic heterocycles. The van der Waals surface area contributed by atoms with Gasteiger partial charge in [0, 0.05) is 17.3 Å². The molecule has 0 heterocycles. The van der Waals surface area contributed by atoms with Gasteiger partial charge in [-0.2, -0.15) is 0 Å². The quantitative estimate of drug-likeness (QED) is 0.631. The Bertz CT molecular complexity index is 486. The number of amides is 1. The first-order chi connectivity index (χ1) is 8.81. The molecule has 1 rings (SSSR count). The van der Waals surface area contributed by atoms with E-state index in [4.69, 9.17) is 0 Å². The van der Waals surface area contributed by atoms with E-state index in [1.165, 1.54) is 6.07 Å². The summed E-state index contributed by atoms with van der Waals surface area (Å²) in [6.45, 7) is 5.26. The van der Waals surface area contributed by atoms with E-state index in [0.29, 0.717) is 11.3 Å². The van der Waals surface area contributed by atoms with Crippen LogP contribution >= 0.6 is 0 Å². The van der Waals surface area contributed by atoms with Crippen molar-refractivity contribution in [2.24, 2.45) is 5.92 Å². The first kappa shape index (κ1) is 15.1. The summed E-state index contributed by atoms with van der Waals surface area (Å²) in [4.78, 5) is 21.9. The van der Waals surface area contributed by atoms with E-state index in [2.05, 4.69) is 5.32 Å². The highest BCUT2D eigenvalue weighted by Gasteiger charge is 2.16. The van der Waals surface area contributed by atoms with E-state index in [9.17, 15) is 20.0 Å². The van der Waals surface area contributed by atoms with Crippen LogP contribution < -0.4 is 5.32 Å². The molecule has 0 aliphatic heterocycles. The molecule has 1 atom stereocenters. The van der Waals surface area contributed by atoms with Crippen LogP contribution in [0.5, 0.6) is 0 Å². The number of nitrogens with one attached hydrogen (secondary N) is 1. The predicted molar refractivity (Wildman–Crippen MR) is 71.9 cm³/mol. The van der Waals surface area contributed by atoms with Gasteiger partial charge in [0.1, 0.15) is 0 Å². The summed E-state index contributed by atoms with van der Waals surface area (Å²) in [6.07, 6.45) is -0.750. The second kappa shape index (κ2) is 6.29. The highest BCUT2D eigenvalue weighted by Crippen LogP contribution is 2.22. The van der Waals surface area contributed by atoms with Crippen molar-refractivity contribution in [1.29, 1.82) is 0 Å². The van der Waals surface area contributed by atoms with Crippen molar-refractivity contribution in [3.05, 3.63) is 33.9 Å². The zero-order valence-electron chi connectivity index (χ0n) is 11.2. The number of carbonyl (C=O) groups excluding carboxylic acids is 1. The van der Waals surface area contributed by atoms with Crippen LogP contribution in [0.2, 0.25) is 0 Å². The van der Waals surface area contributed by atoms with E-state index >= 15 is 0 Å². The van der Waals surface area contributed by atoms with E-state index < -0.39 is 11.0 Å². The van der Waals surface area contributed by atoms with E-state index in [0.717, 1.165) is 0 Å². The zero-order valence-corrected chi connectivity index (χ0v) is 11.2. The van der Waals surface area contributed by atoms with Crippen molar-refractivity contribution in [2.45, 2.75) is 33.3 Å². The summed E-state index contributed by atoms with van der Waals surface area (Å²) < 4.78 is 0. The Morgan fingerprint density at radius 2 is 2.11 bits per heavy atom. The molecule has 1 unspecified atom stereocenters. The average molecular weight is 266 g/mol. The smallest absolute Gasteiger partial charge is 0.274 e. The van der Waals surface area contributed by atoms with Crippen molar-refractivity contribution < 1.29 is 14.8 Å². The van der Waals surface area contributed by atoms with Gasteiger partial charge in [0.25, 0.3) is 5.69 Å². The van der Waals surface area contributed by atoms with Crippen molar-refractivity contribution in [1.82, 2.24) is 0 Å². The number of hydrogen-bond acceptors (Lipinski definition) is 4. The lowest BCUT2D eigenvalue weighted by molar-refractivity contribution is -0.385. The Morgan fingerprint density at radius 1 is 1.47 bits per heavy atom. The molecular formula is C13H18N2O4. The number of benzene rings is 1. The Labute approximate surface area is 111 Å². The van der Waals surface area contributed by atoms with E-state index in [1.807, 2.05) is 13.8 Å². The van der Waals surface area contributed by atoms with Crippen molar-refractivity contribution in [3.63, 3.8) is 0 Å². The minimum Gasteiger partial charge on any atom is -0.392 e. The van der Waals surface area contributed by atoms with Gasteiger partial charge in [-0.05, 0) is 18.9 Å². The van der Waals surface area contributed by atoms with Gasteiger partial charge in [0.15, 0.2) is 0 Å². The number of hydrogen-bond donors (Lipinski definition) is 2. The number of anilines is 1. The number of carbonyl (C=O) groups is 1. The highest BCUT2D eigenvalue weighted by atomic mass is 16.6. The molecule has 0 saturated carbocycles. The maximum Gasteiger partial charge on any atom is 0.274 e. The molecule has 1 aromatic carbocycles. The Morgan fingerprint density at radius 3 is 2.63 bits per heavy atom. The van der Waals surface area contributed by atoms with Crippen LogP contribution in [0.3, 0.4) is 0 Å². The number of aryl methyl sites for hydroxylation is 1. The summed E-state index contributed by atoms with van der Waals surface area (Å²) in [5, 5.41) is 22.9. The molecule has 6 nitrogen and oxygen atoms in total. The number of nitro benzene ring substituents is 1. The number of nitrogens with zero attached hydrogens (tertiary/aromatic N) is 1. The Balaban J connectivity index is 2.75. The molecule has 1 amide bonds. The third-order valence-electron chi connectivity index (χ3n) is 2.85. The van der Waals surface area contributed by atoms with Crippen LogP contribution in [0.25, 0.3) is 0 Å².